The molecule has 0 bridgehead atoms. The predicted molar refractivity (Wildman–Crippen MR) is 112 cm³/mol. The molecule has 1 saturated heterocycles. The highest BCUT2D eigenvalue weighted by Crippen LogP contribution is 2.19. The van der Waals surface area contributed by atoms with E-state index in [2.05, 4.69) is 10.6 Å². The van der Waals surface area contributed by atoms with Crippen molar-refractivity contribution >= 4 is 23.6 Å². The summed E-state index contributed by atoms with van der Waals surface area (Å²) in [7, 11) is 1.74. The van der Waals surface area contributed by atoms with Gasteiger partial charge in [0.2, 0.25) is 11.8 Å². The molecule has 1 aliphatic rings. The third kappa shape index (κ3) is 7.05. The second kappa shape index (κ2) is 10.8. The van der Waals surface area contributed by atoms with Gasteiger partial charge in [-0.2, -0.15) is 0 Å². The first-order valence-corrected chi connectivity index (χ1v) is 10.1. The van der Waals surface area contributed by atoms with Crippen LogP contribution in [0.15, 0.2) is 18.2 Å². The first kappa shape index (κ1) is 22.7. The number of carbonyl (C=O) groups is 3. The maximum Gasteiger partial charge on any atom is 0.409 e. The van der Waals surface area contributed by atoms with Gasteiger partial charge in [-0.25, -0.2) is 4.79 Å². The van der Waals surface area contributed by atoms with Crippen LogP contribution in [0.4, 0.5) is 10.5 Å². The minimum Gasteiger partial charge on any atom is -0.450 e. The van der Waals surface area contributed by atoms with E-state index in [-0.39, 0.29) is 37.0 Å². The third-order valence-electron chi connectivity index (χ3n) is 4.96. The molecule has 3 amide bonds. The summed E-state index contributed by atoms with van der Waals surface area (Å²) in [6, 6.07) is 5.89. The Morgan fingerprint density at radius 2 is 1.69 bits per heavy atom. The summed E-state index contributed by atoms with van der Waals surface area (Å²) in [4.78, 5) is 39.7. The summed E-state index contributed by atoms with van der Waals surface area (Å²) in [5, 5.41) is 5.92. The molecule has 0 unspecified atom stereocenters. The molecule has 8 nitrogen and oxygen atoms in total. The van der Waals surface area contributed by atoms with Gasteiger partial charge in [0, 0.05) is 24.8 Å². The van der Waals surface area contributed by atoms with E-state index in [1.54, 1.807) is 23.8 Å². The molecule has 1 aromatic rings. The Kier molecular flexibility index (Phi) is 8.45. The predicted octanol–water partition coefficient (Wildman–Crippen LogP) is 1.91. The molecule has 0 aliphatic carbocycles. The van der Waals surface area contributed by atoms with Gasteiger partial charge in [0.25, 0.3) is 0 Å². The minimum absolute atomic E-state index is 0.0324. The molecular weight excluding hydrogens is 372 g/mol. The van der Waals surface area contributed by atoms with Crippen LogP contribution < -0.4 is 10.6 Å². The number of rotatable bonds is 7. The minimum atomic E-state index is -0.299. The number of ether oxygens (including phenoxy) is 1. The Morgan fingerprint density at radius 1 is 1.10 bits per heavy atom. The number of carbonyl (C=O) groups excluding carboxylic acids is 3. The van der Waals surface area contributed by atoms with Crippen molar-refractivity contribution in [2.45, 2.75) is 39.7 Å². The number of benzene rings is 1. The molecule has 0 radical (unpaired) electrons. The maximum atomic E-state index is 12.3. The van der Waals surface area contributed by atoms with E-state index < -0.39 is 0 Å². The summed E-state index contributed by atoms with van der Waals surface area (Å²) < 4.78 is 5.00. The van der Waals surface area contributed by atoms with E-state index in [1.165, 1.54) is 0 Å². The Bertz CT molecular complexity index is 709. The van der Waals surface area contributed by atoms with E-state index in [4.69, 9.17) is 4.74 Å². The van der Waals surface area contributed by atoms with Crippen LogP contribution in [-0.4, -0.2) is 73.6 Å². The molecule has 0 atom stereocenters. The van der Waals surface area contributed by atoms with E-state index in [1.807, 2.05) is 32.0 Å². The molecule has 0 aromatic heterocycles. The van der Waals surface area contributed by atoms with Gasteiger partial charge in [-0.3, -0.25) is 14.5 Å². The van der Waals surface area contributed by atoms with Crippen LogP contribution in [-0.2, 0) is 14.3 Å². The Labute approximate surface area is 172 Å². The Morgan fingerprint density at radius 3 is 2.28 bits per heavy atom. The van der Waals surface area contributed by atoms with Gasteiger partial charge in [-0.05, 0) is 51.8 Å². The van der Waals surface area contributed by atoms with Gasteiger partial charge in [-0.15, -0.1) is 0 Å². The van der Waals surface area contributed by atoms with E-state index in [0.717, 1.165) is 16.8 Å². The molecule has 1 aliphatic heterocycles. The zero-order chi connectivity index (χ0) is 21.4. The lowest BCUT2D eigenvalue weighted by Gasteiger charge is -2.31. The van der Waals surface area contributed by atoms with Crippen molar-refractivity contribution in [1.82, 2.24) is 15.1 Å². The molecule has 1 heterocycles. The fourth-order valence-electron chi connectivity index (χ4n) is 3.43. The average Bonchev–Trinajstić information content (AvgIpc) is 2.65. The number of para-hydroxylation sites is 1. The number of aryl methyl sites for hydroxylation is 2. The first-order valence-electron chi connectivity index (χ1n) is 10.1. The number of hydrogen-bond acceptors (Lipinski definition) is 5. The van der Waals surface area contributed by atoms with Crippen molar-refractivity contribution in [2.75, 3.05) is 45.2 Å². The molecule has 0 saturated carbocycles. The average molecular weight is 405 g/mol. The monoisotopic (exact) mass is 404 g/mol. The second-order valence-corrected chi connectivity index (χ2v) is 7.52. The zero-order valence-electron chi connectivity index (χ0n) is 17.8. The van der Waals surface area contributed by atoms with E-state index in [9.17, 15) is 14.4 Å². The van der Waals surface area contributed by atoms with Crippen LogP contribution in [0.25, 0.3) is 0 Å². The summed E-state index contributed by atoms with van der Waals surface area (Å²) in [6.45, 7) is 7.44. The molecular formula is C21H32N4O4. The van der Waals surface area contributed by atoms with Crippen LogP contribution in [0.2, 0.25) is 0 Å². The van der Waals surface area contributed by atoms with Gasteiger partial charge in [0.15, 0.2) is 0 Å². The van der Waals surface area contributed by atoms with Crippen molar-refractivity contribution in [3.8, 4) is 0 Å². The highest BCUT2D eigenvalue weighted by Gasteiger charge is 2.24. The molecule has 2 N–H and O–H groups in total. The fourth-order valence-corrected chi connectivity index (χ4v) is 3.43. The second-order valence-electron chi connectivity index (χ2n) is 7.52. The van der Waals surface area contributed by atoms with Crippen LogP contribution in [0.3, 0.4) is 0 Å². The third-order valence-corrected chi connectivity index (χ3v) is 4.96. The van der Waals surface area contributed by atoms with Crippen LogP contribution >= 0.6 is 0 Å². The summed E-state index contributed by atoms with van der Waals surface area (Å²) in [6.07, 6.45) is 1.09. The van der Waals surface area contributed by atoms with Crippen LogP contribution in [0, 0.1) is 13.8 Å². The summed E-state index contributed by atoms with van der Waals surface area (Å²) in [5.74, 6) is -0.276. The van der Waals surface area contributed by atoms with Gasteiger partial charge in [0.1, 0.15) is 0 Å². The van der Waals surface area contributed by atoms with Crippen LogP contribution in [0.1, 0.15) is 30.9 Å². The largest absolute Gasteiger partial charge is 0.450 e. The highest BCUT2D eigenvalue weighted by molar-refractivity contribution is 5.94. The molecule has 0 spiro atoms. The lowest BCUT2D eigenvalue weighted by molar-refractivity contribution is -0.123. The van der Waals surface area contributed by atoms with Crippen molar-refractivity contribution in [3.63, 3.8) is 0 Å². The highest BCUT2D eigenvalue weighted by atomic mass is 16.6. The number of likely N-dealkylation sites (N-methyl/N-ethyl adjacent to an activating group) is 1. The van der Waals surface area contributed by atoms with Crippen molar-refractivity contribution in [2.24, 2.45) is 0 Å². The Balaban J connectivity index is 1.72. The standard InChI is InChI=1S/C21H32N4O4/c1-5-29-21(28)25-11-9-17(10-12-25)22-18(26)13-24(4)14-19(27)23-20-15(2)7-6-8-16(20)3/h6-8,17H,5,9-14H2,1-4H3,(H,22,26)(H,23,27). The number of likely N-dealkylation sites (tertiary alicyclic amines) is 1. The molecule has 1 fully saturated rings. The van der Waals surface area contributed by atoms with Crippen molar-refractivity contribution < 1.29 is 19.1 Å². The van der Waals surface area contributed by atoms with Gasteiger partial charge < -0.3 is 20.3 Å². The van der Waals surface area contributed by atoms with Crippen molar-refractivity contribution in [3.05, 3.63) is 29.3 Å². The van der Waals surface area contributed by atoms with E-state index in [0.29, 0.717) is 32.5 Å². The summed E-state index contributed by atoms with van der Waals surface area (Å²) >= 11 is 0. The maximum absolute atomic E-state index is 12.3. The zero-order valence-corrected chi connectivity index (χ0v) is 17.8. The normalized spacial score (nSPS) is 14.6. The number of nitrogens with one attached hydrogen (secondary N) is 2. The molecule has 1 aromatic carbocycles. The summed E-state index contributed by atoms with van der Waals surface area (Å²) in [5.41, 5.74) is 2.84. The Hall–Kier alpha value is -2.61. The van der Waals surface area contributed by atoms with Gasteiger partial charge in [0.05, 0.1) is 19.7 Å². The first-order chi connectivity index (χ1) is 13.8. The topological polar surface area (TPSA) is 91.0 Å². The molecule has 8 heteroatoms. The SMILES string of the molecule is CCOC(=O)N1CCC(NC(=O)CN(C)CC(=O)Nc2c(C)cccc2C)CC1. The van der Waals surface area contributed by atoms with Crippen LogP contribution in [0.5, 0.6) is 0 Å². The number of hydrogen-bond donors (Lipinski definition) is 2. The fraction of sp³-hybridized carbons (Fsp3) is 0.571. The molecule has 160 valence electrons. The number of piperidine rings is 1. The van der Waals surface area contributed by atoms with Crippen molar-refractivity contribution in [1.29, 1.82) is 0 Å². The molecule has 2 rings (SSSR count). The number of anilines is 1. The van der Waals surface area contributed by atoms with Gasteiger partial charge in [-0.1, -0.05) is 18.2 Å². The van der Waals surface area contributed by atoms with E-state index >= 15 is 0 Å². The molecule has 29 heavy (non-hydrogen) atoms. The smallest absolute Gasteiger partial charge is 0.409 e. The van der Waals surface area contributed by atoms with Gasteiger partial charge >= 0.3 is 6.09 Å². The number of amides is 3. The lowest BCUT2D eigenvalue weighted by Crippen LogP contribution is -2.49. The number of nitrogens with zero attached hydrogens (tertiary/aromatic N) is 2. The quantitative estimate of drug-likeness (QED) is 0.724. The lowest BCUT2D eigenvalue weighted by atomic mass is 10.1.